The predicted octanol–water partition coefficient (Wildman–Crippen LogP) is 2.03. The molecule has 0 heterocycles. The van der Waals surface area contributed by atoms with Crippen molar-refractivity contribution in [1.82, 2.24) is 4.72 Å². The first kappa shape index (κ1) is 17.4. The molecule has 0 aromatic heterocycles. The third-order valence-corrected chi connectivity index (χ3v) is 4.77. The van der Waals surface area contributed by atoms with E-state index in [1.54, 1.807) is 37.3 Å². The van der Waals surface area contributed by atoms with Gasteiger partial charge in [0.25, 0.3) is 0 Å². The van der Waals surface area contributed by atoms with E-state index in [1.165, 1.54) is 13.2 Å². The van der Waals surface area contributed by atoms with Gasteiger partial charge >= 0.3 is 5.97 Å². The summed E-state index contributed by atoms with van der Waals surface area (Å²) in [4.78, 5) is 11.3. The van der Waals surface area contributed by atoms with E-state index < -0.39 is 16.0 Å². The molecular formula is C15H21NO4S. The Labute approximate surface area is 126 Å². The number of sulfonamides is 1. The van der Waals surface area contributed by atoms with Gasteiger partial charge in [0.05, 0.1) is 12.0 Å². The Morgan fingerprint density at radius 3 is 2.33 bits per heavy atom. The molecule has 1 N–H and O–H groups in total. The van der Waals surface area contributed by atoms with Crippen molar-refractivity contribution in [2.45, 2.75) is 31.7 Å². The van der Waals surface area contributed by atoms with Gasteiger partial charge in [0.1, 0.15) is 0 Å². The van der Waals surface area contributed by atoms with Gasteiger partial charge in [-0.25, -0.2) is 17.9 Å². The van der Waals surface area contributed by atoms with Crippen LogP contribution in [0.3, 0.4) is 0 Å². The van der Waals surface area contributed by atoms with E-state index in [2.05, 4.69) is 9.46 Å². The normalized spacial score (nSPS) is 14.9. The van der Waals surface area contributed by atoms with Crippen LogP contribution < -0.4 is 4.72 Å². The van der Waals surface area contributed by atoms with Crippen LogP contribution in [0.15, 0.2) is 41.3 Å². The number of aryl methyl sites for hydroxylation is 1. The maximum atomic E-state index is 12.2. The highest BCUT2D eigenvalue weighted by atomic mass is 32.2. The number of carbonyl (C=O) groups excluding carboxylic acids is 1. The number of carbonyl (C=O) groups is 1. The van der Waals surface area contributed by atoms with Crippen LogP contribution in [-0.4, -0.2) is 27.5 Å². The Morgan fingerprint density at radius 1 is 1.24 bits per heavy atom. The van der Waals surface area contributed by atoms with Crippen molar-refractivity contribution in [2.75, 3.05) is 7.11 Å². The second-order valence-corrected chi connectivity index (χ2v) is 6.68. The number of methoxy groups -OCH3 is 1. The molecule has 116 valence electrons. The van der Waals surface area contributed by atoms with E-state index in [4.69, 9.17) is 0 Å². The molecule has 21 heavy (non-hydrogen) atoms. The molecule has 0 radical (unpaired) electrons. The highest BCUT2D eigenvalue weighted by Gasteiger charge is 2.19. The first-order valence-corrected chi connectivity index (χ1v) is 8.09. The first-order valence-electron chi connectivity index (χ1n) is 6.61. The van der Waals surface area contributed by atoms with Crippen molar-refractivity contribution in [1.29, 1.82) is 0 Å². The smallest absolute Gasteiger partial charge is 0.330 e. The maximum absolute atomic E-state index is 12.2. The van der Waals surface area contributed by atoms with Gasteiger partial charge in [-0.3, -0.25) is 0 Å². The number of rotatable bonds is 6. The van der Waals surface area contributed by atoms with E-state index in [9.17, 15) is 13.2 Å². The van der Waals surface area contributed by atoms with Crippen LogP contribution in [0, 0.1) is 12.8 Å². The van der Waals surface area contributed by atoms with Crippen molar-refractivity contribution >= 4 is 16.0 Å². The van der Waals surface area contributed by atoms with Gasteiger partial charge in [0, 0.05) is 12.1 Å². The topological polar surface area (TPSA) is 72.5 Å². The molecule has 5 nitrogen and oxygen atoms in total. The van der Waals surface area contributed by atoms with Gasteiger partial charge in [0.2, 0.25) is 10.0 Å². The predicted molar refractivity (Wildman–Crippen MR) is 81.3 cm³/mol. The van der Waals surface area contributed by atoms with Crippen molar-refractivity contribution < 1.29 is 17.9 Å². The van der Waals surface area contributed by atoms with Gasteiger partial charge in [0.15, 0.2) is 0 Å². The zero-order valence-electron chi connectivity index (χ0n) is 12.7. The van der Waals surface area contributed by atoms with Gasteiger partial charge < -0.3 is 4.74 Å². The summed E-state index contributed by atoms with van der Waals surface area (Å²) in [6, 6.07) is 6.29. The molecule has 0 aliphatic carbocycles. The van der Waals surface area contributed by atoms with E-state index >= 15 is 0 Å². The number of benzene rings is 1. The molecule has 2 atom stereocenters. The standard InChI is InChI=1S/C15H21NO4S/c1-11-5-8-14(9-6-11)21(18,19)16-13(3)12(2)7-10-15(17)20-4/h5-10,12-13,16H,1-4H3/b10-7+/t12-,13+/m1/s1. The fraction of sp³-hybridized carbons (Fsp3) is 0.400. The average Bonchev–Trinajstić information content (AvgIpc) is 2.44. The summed E-state index contributed by atoms with van der Waals surface area (Å²) in [5, 5.41) is 0. The summed E-state index contributed by atoms with van der Waals surface area (Å²) >= 11 is 0. The molecular weight excluding hydrogens is 290 g/mol. The Balaban J connectivity index is 2.76. The number of hydrogen-bond donors (Lipinski definition) is 1. The van der Waals surface area contributed by atoms with Crippen molar-refractivity contribution in [3.63, 3.8) is 0 Å². The minimum Gasteiger partial charge on any atom is -0.466 e. The van der Waals surface area contributed by atoms with E-state index in [-0.39, 0.29) is 16.9 Å². The molecule has 1 aromatic rings. The average molecular weight is 311 g/mol. The molecule has 0 fully saturated rings. The second kappa shape index (κ2) is 7.38. The van der Waals surface area contributed by atoms with Crippen LogP contribution in [0.4, 0.5) is 0 Å². The number of hydrogen-bond acceptors (Lipinski definition) is 4. The molecule has 0 aliphatic heterocycles. The Kier molecular flexibility index (Phi) is 6.11. The largest absolute Gasteiger partial charge is 0.466 e. The van der Waals surface area contributed by atoms with E-state index in [0.717, 1.165) is 5.56 Å². The van der Waals surface area contributed by atoms with E-state index in [1.807, 2.05) is 13.8 Å². The molecule has 0 saturated heterocycles. The molecule has 6 heteroatoms. The summed E-state index contributed by atoms with van der Waals surface area (Å²) in [5.74, 6) is -0.611. The number of nitrogens with one attached hydrogen (secondary N) is 1. The maximum Gasteiger partial charge on any atom is 0.330 e. The van der Waals surface area contributed by atoms with Crippen LogP contribution in [0.5, 0.6) is 0 Å². The lowest BCUT2D eigenvalue weighted by molar-refractivity contribution is -0.134. The molecule has 1 rings (SSSR count). The van der Waals surface area contributed by atoms with Crippen LogP contribution in [0.2, 0.25) is 0 Å². The Morgan fingerprint density at radius 2 is 1.81 bits per heavy atom. The van der Waals surface area contributed by atoms with Crippen molar-refractivity contribution in [3.05, 3.63) is 42.0 Å². The number of ether oxygens (including phenoxy) is 1. The van der Waals surface area contributed by atoms with E-state index in [0.29, 0.717) is 0 Å². The Bertz CT molecular complexity index is 605. The minimum absolute atomic E-state index is 0.149. The minimum atomic E-state index is -3.57. The first-order chi connectivity index (χ1) is 9.76. The lowest BCUT2D eigenvalue weighted by Gasteiger charge is -2.18. The lowest BCUT2D eigenvalue weighted by atomic mass is 10.0. The van der Waals surface area contributed by atoms with Gasteiger partial charge in [-0.2, -0.15) is 0 Å². The van der Waals surface area contributed by atoms with Crippen LogP contribution in [-0.2, 0) is 19.6 Å². The molecule has 0 amide bonds. The molecule has 0 aliphatic rings. The third kappa shape index (κ3) is 5.32. The zero-order chi connectivity index (χ0) is 16.0. The Hall–Kier alpha value is -1.66. The fourth-order valence-corrected chi connectivity index (χ4v) is 2.94. The second-order valence-electron chi connectivity index (χ2n) is 4.96. The third-order valence-electron chi connectivity index (χ3n) is 3.20. The molecule has 1 aromatic carbocycles. The quantitative estimate of drug-likeness (QED) is 0.644. The van der Waals surface area contributed by atoms with Gasteiger partial charge in [-0.1, -0.05) is 30.7 Å². The van der Waals surface area contributed by atoms with Crippen LogP contribution in [0.1, 0.15) is 19.4 Å². The summed E-state index contributed by atoms with van der Waals surface area (Å²) in [6.45, 7) is 5.46. The SMILES string of the molecule is COC(=O)/C=C/[C@@H](C)[C@H](C)NS(=O)(=O)c1ccc(C)cc1. The van der Waals surface area contributed by atoms with Crippen LogP contribution in [0.25, 0.3) is 0 Å². The number of esters is 1. The van der Waals surface area contributed by atoms with Crippen LogP contribution >= 0.6 is 0 Å². The van der Waals surface area contributed by atoms with Gasteiger partial charge in [-0.15, -0.1) is 0 Å². The summed E-state index contributed by atoms with van der Waals surface area (Å²) in [7, 11) is -2.27. The van der Waals surface area contributed by atoms with Crippen molar-refractivity contribution in [3.8, 4) is 0 Å². The molecule has 0 bridgehead atoms. The summed E-state index contributed by atoms with van der Waals surface area (Å²) < 4.78 is 31.6. The monoisotopic (exact) mass is 311 g/mol. The zero-order valence-corrected chi connectivity index (χ0v) is 13.5. The lowest BCUT2D eigenvalue weighted by Crippen LogP contribution is -2.36. The van der Waals surface area contributed by atoms with Crippen molar-refractivity contribution in [2.24, 2.45) is 5.92 Å². The van der Waals surface area contributed by atoms with Gasteiger partial charge in [-0.05, 0) is 31.9 Å². The fourth-order valence-electron chi connectivity index (χ4n) is 1.60. The summed E-state index contributed by atoms with van der Waals surface area (Å²) in [5.41, 5.74) is 0.997. The molecule has 0 saturated carbocycles. The highest BCUT2D eigenvalue weighted by Crippen LogP contribution is 2.13. The highest BCUT2D eigenvalue weighted by molar-refractivity contribution is 7.89. The molecule has 0 unspecified atom stereocenters. The molecule has 0 spiro atoms. The summed E-state index contributed by atoms with van der Waals surface area (Å²) in [6.07, 6.45) is 2.91.